The molecular formula is C32H39ClN4O3S. The number of carboxylic acid groups (broad SMARTS) is 1. The third-order valence-electron chi connectivity index (χ3n) is 6.63. The molecule has 41 heavy (non-hydrogen) atoms. The van der Waals surface area contributed by atoms with Crippen molar-refractivity contribution in [2.24, 2.45) is 9.98 Å². The second-order valence-electron chi connectivity index (χ2n) is 9.54. The van der Waals surface area contributed by atoms with Crippen molar-refractivity contribution < 1.29 is 14.7 Å². The highest BCUT2D eigenvalue weighted by molar-refractivity contribution is 7.97. The van der Waals surface area contributed by atoms with Gasteiger partial charge in [0, 0.05) is 53.7 Å². The highest BCUT2D eigenvalue weighted by Crippen LogP contribution is 2.23. The Morgan fingerprint density at radius 2 is 1.85 bits per heavy atom. The van der Waals surface area contributed by atoms with Crippen LogP contribution in [0, 0.1) is 0 Å². The maximum atomic E-state index is 13.1. The third-order valence-corrected chi connectivity index (χ3v) is 7.49. The van der Waals surface area contributed by atoms with E-state index in [9.17, 15) is 9.59 Å². The fraction of sp³-hybridized carbons (Fsp3) is 0.375. The van der Waals surface area contributed by atoms with E-state index < -0.39 is 5.97 Å². The maximum absolute atomic E-state index is 13.1. The van der Waals surface area contributed by atoms with Crippen molar-refractivity contribution in [1.82, 2.24) is 5.32 Å². The van der Waals surface area contributed by atoms with Gasteiger partial charge in [0.05, 0.1) is 24.5 Å². The molecule has 7 nitrogen and oxygen atoms in total. The van der Waals surface area contributed by atoms with Gasteiger partial charge in [-0.2, -0.15) is 11.8 Å². The van der Waals surface area contributed by atoms with Gasteiger partial charge >= 0.3 is 5.97 Å². The first-order chi connectivity index (χ1) is 19.9. The van der Waals surface area contributed by atoms with Crippen LogP contribution in [-0.4, -0.2) is 67.4 Å². The number of anilines is 1. The average Bonchev–Trinajstić information content (AvgIpc) is 2.97. The van der Waals surface area contributed by atoms with Gasteiger partial charge < -0.3 is 15.3 Å². The number of unbranched alkanes of at least 4 members (excludes halogenated alkanes) is 1. The Hall–Kier alpha value is -3.36. The topological polar surface area (TPSA) is 94.4 Å². The highest BCUT2D eigenvalue weighted by atomic mass is 35.5. The Labute approximate surface area is 252 Å². The number of carbonyl (C=O) groups excluding carboxylic acids is 1. The molecule has 0 aliphatic carbocycles. The average molecular weight is 595 g/mol. The molecule has 0 spiro atoms. The number of nitrogens with one attached hydrogen (secondary N) is 1. The molecule has 0 saturated heterocycles. The van der Waals surface area contributed by atoms with Crippen LogP contribution in [0.15, 0.2) is 82.3 Å². The third kappa shape index (κ3) is 10.5. The Morgan fingerprint density at radius 1 is 1.07 bits per heavy atom. The molecule has 2 aromatic rings. The van der Waals surface area contributed by atoms with E-state index in [1.807, 2.05) is 36.4 Å². The molecule has 218 valence electrons. The second kappa shape index (κ2) is 17.5. The number of rotatable bonds is 14. The molecule has 0 saturated carbocycles. The van der Waals surface area contributed by atoms with Crippen LogP contribution in [0.1, 0.15) is 43.7 Å². The van der Waals surface area contributed by atoms with Gasteiger partial charge in [-0.3, -0.25) is 19.6 Å². The van der Waals surface area contributed by atoms with Gasteiger partial charge in [0.1, 0.15) is 0 Å². The van der Waals surface area contributed by atoms with Gasteiger partial charge in [-0.1, -0.05) is 60.2 Å². The molecule has 1 aliphatic rings. The van der Waals surface area contributed by atoms with Gasteiger partial charge in [0.2, 0.25) is 0 Å². The van der Waals surface area contributed by atoms with E-state index in [0.29, 0.717) is 56.0 Å². The van der Waals surface area contributed by atoms with Crippen LogP contribution < -0.4 is 10.2 Å². The van der Waals surface area contributed by atoms with Crippen molar-refractivity contribution in [2.45, 2.75) is 38.4 Å². The molecule has 0 fully saturated rings. The van der Waals surface area contributed by atoms with E-state index in [0.717, 1.165) is 29.3 Å². The molecule has 9 heteroatoms. The summed E-state index contributed by atoms with van der Waals surface area (Å²) < 4.78 is 0. The number of aliphatic imine (C=N–C) groups is 2. The molecular weight excluding hydrogens is 556 g/mol. The Balaban J connectivity index is 1.69. The molecule has 1 heterocycles. The van der Waals surface area contributed by atoms with E-state index in [-0.39, 0.29) is 12.3 Å². The minimum absolute atomic E-state index is 0.117. The summed E-state index contributed by atoms with van der Waals surface area (Å²) >= 11 is 7.89. The summed E-state index contributed by atoms with van der Waals surface area (Å²) in [6.45, 7) is 4.90. The first-order valence-corrected chi connectivity index (χ1v) is 15.7. The molecule has 0 unspecified atom stereocenters. The Bertz CT molecular complexity index is 1290. The number of benzene rings is 2. The van der Waals surface area contributed by atoms with Crippen LogP contribution in [0.4, 0.5) is 5.69 Å². The molecule has 0 radical (unpaired) electrons. The van der Waals surface area contributed by atoms with Gasteiger partial charge in [-0.15, -0.1) is 0 Å². The zero-order valence-electron chi connectivity index (χ0n) is 23.8. The van der Waals surface area contributed by atoms with Crippen molar-refractivity contribution in [3.63, 3.8) is 0 Å². The van der Waals surface area contributed by atoms with Crippen LogP contribution in [0.2, 0.25) is 5.02 Å². The molecule has 1 amide bonds. The predicted octanol–water partition coefficient (Wildman–Crippen LogP) is 6.22. The fourth-order valence-corrected chi connectivity index (χ4v) is 5.25. The van der Waals surface area contributed by atoms with Crippen molar-refractivity contribution in [2.75, 3.05) is 43.9 Å². The number of thioether (sulfide) groups is 1. The number of hydrogen-bond acceptors (Lipinski definition) is 6. The van der Waals surface area contributed by atoms with Gasteiger partial charge in [0.15, 0.2) is 0 Å². The molecule has 0 atom stereocenters. The van der Waals surface area contributed by atoms with Crippen molar-refractivity contribution >= 4 is 52.4 Å². The number of carbonyl (C=O) groups is 2. The molecule has 1 aliphatic heterocycles. The summed E-state index contributed by atoms with van der Waals surface area (Å²) in [4.78, 5) is 36.0. The smallest absolute Gasteiger partial charge is 0.303 e. The number of carboxylic acids is 1. The van der Waals surface area contributed by atoms with E-state index in [1.54, 1.807) is 17.8 Å². The fourth-order valence-electron chi connectivity index (χ4n) is 4.56. The number of amides is 1. The van der Waals surface area contributed by atoms with Crippen LogP contribution in [-0.2, 0) is 15.3 Å². The summed E-state index contributed by atoms with van der Waals surface area (Å²) in [6.07, 6.45) is 9.57. The van der Waals surface area contributed by atoms with E-state index in [1.165, 1.54) is 11.3 Å². The van der Waals surface area contributed by atoms with Crippen LogP contribution in [0.5, 0.6) is 0 Å². The first-order valence-electron chi connectivity index (χ1n) is 14.0. The lowest BCUT2D eigenvalue weighted by molar-refractivity contribution is -0.137. The monoisotopic (exact) mass is 594 g/mol. The predicted molar refractivity (Wildman–Crippen MR) is 173 cm³/mol. The highest BCUT2D eigenvalue weighted by Gasteiger charge is 2.14. The Morgan fingerprint density at radius 3 is 2.59 bits per heavy atom. The zero-order valence-corrected chi connectivity index (χ0v) is 25.4. The molecule has 3 rings (SSSR count). The SMILES string of the molecule is CCN(CCNC(=O)C1=C/CN=C(CCCCC(=O)O)C(c2ccc(Cl)cc2)=NC/C=C\1)c1ccccc1CSC. The van der Waals surface area contributed by atoms with E-state index in [4.69, 9.17) is 26.7 Å². The summed E-state index contributed by atoms with van der Waals surface area (Å²) in [5.41, 5.74) is 5.52. The molecule has 0 aromatic heterocycles. The molecule has 2 aromatic carbocycles. The number of aliphatic carboxylic acids is 1. The second-order valence-corrected chi connectivity index (χ2v) is 10.8. The molecule has 0 bridgehead atoms. The van der Waals surface area contributed by atoms with Crippen LogP contribution in [0.25, 0.3) is 0 Å². The van der Waals surface area contributed by atoms with Gasteiger partial charge in [-0.25, -0.2) is 0 Å². The summed E-state index contributed by atoms with van der Waals surface area (Å²) in [7, 11) is 0. The minimum Gasteiger partial charge on any atom is -0.481 e. The van der Waals surface area contributed by atoms with Gasteiger partial charge in [0.25, 0.3) is 5.91 Å². The normalized spacial score (nSPS) is 15.6. The summed E-state index contributed by atoms with van der Waals surface area (Å²) in [5.74, 6) is -0.00381. The summed E-state index contributed by atoms with van der Waals surface area (Å²) in [6, 6.07) is 15.9. The lowest BCUT2D eigenvalue weighted by atomic mass is 10.0. The standard InChI is InChI=1S/C32H39ClN4O3S/c1-3-37(29-12-6-4-9-26(29)23-41-2)22-21-36-32(40)25-10-8-19-35-31(24-14-16-27(33)17-15-24)28(34-20-18-25)11-5-7-13-30(38)39/h4,6,8-10,12,14-18H,3,5,7,11,13,19-23H2,1-2H3,(H,36,40)(H,38,39)/b10-8-,25-18+,34-28?,35-31?. The minimum atomic E-state index is -0.806. The molecule has 2 N–H and O–H groups in total. The number of likely N-dealkylation sites (N-methyl/N-ethyl adjacent to an activating group) is 1. The van der Waals surface area contributed by atoms with Crippen LogP contribution >= 0.6 is 23.4 Å². The van der Waals surface area contributed by atoms with Crippen molar-refractivity contribution in [3.8, 4) is 0 Å². The number of nitrogens with zero attached hydrogens (tertiary/aromatic N) is 3. The lowest BCUT2D eigenvalue weighted by Gasteiger charge is -2.26. The number of hydrogen-bond donors (Lipinski definition) is 2. The first kappa shape index (κ1) is 32.2. The van der Waals surface area contributed by atoms with E-state index >= 15 is 0 Å². The van der Waals surface area contributed by atoms with Crippen molar-refractivity contribution in [3.05, 3.63) is 88.5 Å². The zero-order chi connectivity index (χ0) is 29.5. The summed E-state index contributed by atoms with van der Waals surface area (Å²) in [5, 5.41) is 12.7. The lowest BCUT2D eigenvalue weighted by Crippen LogP contribution is -2.35. The van der Waals surface area contributed by atoms with Gasteiger partial charge in [-0.05, 0) is 56.2 Å². The number of halogens is 1. The largest absolute Gasteiger partial charge is 0.481 e. The maximum Gasteiger partial charge on any atom is 0.303 e. The Kier molecular flexibility index (Phi) is 13.7. The van der Waals surface area contributed by atoms with Crippen LogP contribution in [0.3, 0.4) is 0 Å². The van der Waals surface area contributed by atoms with E-state index in [2.05, 4.69) is 47.7 Å². The quantitative estimate of drug-likeness (QED) is 0.253. The number of para-hydroxylation sites is 1. The van der Waals surface area contributed by atoms with Crippen molar-refractivity contribution in [1.29, 1.82) is 0 Å².